The van der Waals surface area contributed by atoms with E-state index in [1.165, 1.54) is 18.2 Å². The maximum Gasteiger partial charge on any atom is 0.451 e. The Labute approximate surface area is 206 Å². The van der Waals surface area contributed by atoms with Gasteiger partial charge in [-0.3, -0.25) is 9.69 Å². The van der Waals surface area contributed by atoms with Crippen molar-refractivity contribution in [2.75, 3.05) is 31.7 Å². The van der Waals surface area contributed by atoms with Gasteiger partial charge in [-0.1, -0.05) is 0 Å². The summed E-state index contributed by atoms with van der Waals surface area (Å²) in [7, 11) is 0. The van der Waals surface area contributed by atoms with Gasteiger partial charge in [-0.2, -0.15) is 13.2 Å². The number of aromatic nitrogens is 3. The zero-order valence-corrected chi connectivity index (χ0v) is 19.2. The van der Waals surface area contributed by atoms with Gasteiger partial charge >= 0.3 is 6.18 Å². The molecule has 1 amide bonds. The number of alkyl halides is 5. The van der Waals surface area contributed by atoms with Crippen molar-refractivity contribution in [1.29, 1.82) is 0 Å². The Morgan fingerprint density at radius 3 is 2.41 bits per heavy atom. The number of carbonyl (C=O) groups is 1. The second kappa shape index (κ2) is 10.5. The number of nitrogens with zero attached hydrogens (tertiary/aromatic N) is 4. The van der Waals surface area contributed by atoms with Crippen molar-refractivity contribution in [3.8, 4) is 0 Å². The summed E-state index contributed by atoms with van der Waals surface area (Å²) < 4.78 is 80.8. The van der Waals surface area contributed by atoms with Gasteiger partial charge < -0.3 is 15.7 Å². The highest BCUT2D eigenvalue weighted by atomic mass is 19.4. The summed E-state index contributed by atoms with van der Waals surface area (Å²) in [5.41, 5.74) is 0.141. The fraction of sp³-hybridized carbons (Fsp3) is 0.391. The van der Waals surface area contributed by atoms with Crippen LogP contribution in [0.15, 0.2) is 36.7 Å². The highest BCUT2D eigenvalue weighted by Crippen LogP contribution is 2.33. The predicted molar refractivity (Wildman–Crippen MR) is 120 cm³/mol. The summed E-state index contributed by atoms with van der Waals surface area (Å²) in [4.78, 5) is 25.5. The zero-order valence-electron chi connectivity index (χ0n) is 19.2. The van der Waals surface area contributed by atoms with Gasteiger partial charge in [0.15, 0.2) is 0 Å². The van der Waals surface area contributed by atoms with Crippen molar-refractivity contribution in [3.05, 3.63) is 59.4 Å². The Bertz CT molecular complexity index is 1260. The molecule has 1 unspecified atom stereocenters. The normalized spacial score (nSPS) is 16.9. The van der Waals surface area contributed by atoms with Crippen LogP contribution in [0.1, 0.15) is 40.6 Å². The number of amides is 1. The molecular weight excluding hydrogens is 506 g/mol. The lowest BCUT2D eigenvalue weighted by Crippen LogP contribution is -2.45. The Balaban J connectivity index is 1.59. The molecule has 0 saturated carbocycles. The molecule has 1 fully saturated rings. The first-order valence-corrected chi connectivity index (χ1v) is 11.2. The van der Waals surface area contributed by atoms with Gasteiger partial charge in [0.2, 0.25) is 5.82 Å². The van der Waals surface area contributed by atoms with E-state index in [1.54, 1.807) is 4.90 Å². The molecule has 1 aliphatic heterocycles. The van der Waals surface area contributed by atoms with Crippen molar-refractivity contribution in [1.82, 2.24) is 25.2 Å². The minimum Gasteiger partial charge on any atom is -0.377 e. The molecule has 1 saturated heterocycles. The molecule has 0 bridgehead atoms. The number of rotatable bonds is 7. The summed E-state index contributed by atoms with van der Waals surface area (Å²) in [6.07, 6.45) is -3.81. The van der Waals surface area contributed by atoms with E-state index in [4.69, 9.17) is 5.11 Å². The zero-order chi connectivity index (χ0) is 26.8. The standard InChI is InChI=1S/C23H22F6N6O2/c24-15-2-3-16-14(1-4-18(34-16)33-12-36)19(15)20(37)30-11-17(35-7-5-22(25,26)6-8-35)13-9-31-21(32-10-13)23(27,28)29/h1-4,9-10,17,36H,5-8,11-12H2,(H,30,37)(H,33,34). The first-order valence-electron chi connectivity index (χ1n) is 11.2. The van der Waals surface area contributed by atoms with E-state index in [0.717, 1.165) is 18.5 Å². The van der Waals surface area contributed by atoms with Crippen molar-refractivity contribution in [3.63, 3.8) is 0 Å². The average molecular weight is 528 g/mol. The molecule has 1 aliphatic rings. The number of hydrogen-bond donors (Lipinski definition) is 3. The minimum absolute atomic E-state index is 0.0816. The lowest BCUT2D eigenvalue weighted by atomic mass is 10.0. The van der Waals surface area contributed by atoms with Gasteiger partial charge in [0, 0.05) is 55.8 Å². The number of nitrogens with one attached hydrogen (secondary N) is 2. The van der Waals surface area contributed by atoms with Crippen LogP contribution in [0.5, 0.6) is 0 Å². The highest BCUT2D eigenvalue weighted by Gasteiger charge is 2.38. The van der Waals surface area contributed by atoms with Gasteiger partial charge in [0.05, 0.1) is 17.1 Å². The Hall–Kier alpha value is -3.52. The number of pyridine rings is 1. The Morgan fingerprint density at radius 1 is 1.11 bits per heavy atom. The topological polar surface area (TPSA) is 103 Å². The van der Waals surface area contributed by atoms with Crippen molar-refractivity contribution >= 4 is 22.6 Å². The quantitative estimate of drug-likeness (QED) is 0.317. The third-order valence-corrected chi connectivity index (χ3v) is 6.04. The summed E-state index contributed by atoms with van der Waals surface area (Å²) in [6, 6.07) is 4.48. The smallest absolute Gasteiger partial charge is 0.377 e. The Morgan fingerprint density at radius 2 is 1.78 bits per heavy atom. The summed E-state index contributed by atoms with van der Waals surface area (Å²) in [5.74, 6) is -5.58. The van der Waals surface area contributed by atoms with Crippen LogP contribution in [0.25, 0.3) is 10.9 Å². The van der Waals surface area contributed by atoms with Gasteiger partial charge in [0.25, 0.3) is 11.8 Å². The van der Waals surface area contributed by atoms with Crippen LogP contribution >= 0.6 is 0 Å². The third kappa shape index (κ3) is 6.07. The number of benzene rings is 1. The first-order chi connectivity index (χ1) is 17.5. The van der Waals surface area contributed by atoms with Crippen molar-refractivity contribution in [2.24, 2.45) is 0 Å². The van der Waals surface area contributed by atoms with E-state index in [2.05, 4.69) is 25.6 Å². The van der Waals surface area contributed by atoms with Crippen LogP contribution in [0, 0.1) is 5.82 Å². The average Bonchev–Trinajstić information content (AvgIpc) is 2.85. The van der Waals surface area contributed by atoms with Crippen LogP contribution in [0.2, 0.25) is 0 Å². The molecule has 4 rings (SSSR count). The highest BCUT2D eigenvalue weighted by molar-refractivity contribution is 6.06. The number of piperidine rings is 1. The molecule has 1 aromatic carbocycles. The van der Waals surface area contributed by atoms with E-state index < -0.39 is 48.5 Å². The number of aliphatic hydroxyl groups is 1. The predicted octanol–water partition coefficient (Wildman–Crippen LogP) is 3.75. The number of aliphatic hydroxyl groups excluding tert-OH is 1. The molecule has 198 valence electrons. The van der Waals surface area contributed by atoms with E-state index in [0.29, 0.717) is 5.82 Å². The van der Waals surface area contributed by atoms with Gasteiger partial charge in [-0.05, 0) is 24.3 Å². The van der Waals surface area contributed by atoms with Crippen LogP contribution in [0.4, 0.5) is 32.2 Å². The van der Waals surface area contributed by atoms with E-state index in [-0.39, 0.29) is 48.4 Å². The molecule has 8 nitrogen and oxygen atoms in total. The summed E-state index contributed by atoms with van der Waals surface area (Å²) in [6.45, 7) is -0.777. The molecule has 14 heteroatoms. The van der Waals surface area contributed by atoms with Crippen LogP contribution in [-0.4, -0.2) is 63.2 Å². The second-order valence-electron chi connectivity index (χ2n) is 8.48. The van der Waals surface area contributed by atoms with Gasteiger partial charge in [-0.25, -0.2) is 28.1 Å². The molecule has 37 heavy (non-hydrogen) atoms. The first kappa shape index (κ1) is 26.5. The van der Waals surface area contributed by atoms with Gasteiger partial charge in [0.1, 0.15) is 18.4 Å². The molecule has 0 spiro atoms. The number of halogens is 6. The van der Waals surface area contributed by atoms with E-state index in [9.17, 15) is 31.1 Å². The van der Waals surface area contributed by atoms with Crippen molar-refractivity contribution < 1.29 is 36.2 Å². The van der Waals surface area contributed by atoms with E-state index >= 15 is 0 Å². The number of fused-ring (bicyclic) bond motifs is 1. The second-order valence-corrected chi connectivity index (χ2v) is 8.48. The molecule has 0 aliphatic carbocycles. The number of carbonyl (C=O) groups excluding carboxylic acids is 1. The Kier molecular flexibility index (Phi) is 7.50. The van der Waals surface area contributed by atoms with Crippen molar-refractivity contribution in [2.45, 2.75) is 31.0 Å². The molecule has 3 aromatic rings. The minimum atomic E-state index is -4.76. The lowest BCUT2D eigenvalue weighted by molar-refractivity contribution is -0.145. The molecule has 3 heterocycles. The molecule has 1 atom stereocenters. The molecule has 0 radical (unpaired) electrons. The maximum atomic E-state index is 14.7. The fourth-order valence-electron chi connectivity index (χ4n) is 4.14. The molecule has 3 N–H and O–H groups in total. The van der Waals surface area contributed by atoms with Crippen LogP contribution in [0.3, 0.4) is 0 Å². The molecular formula is C23H22F6N6O2. The van der Waals surface area contributed by atoms with E-state index in [1.807, 2.05) is 0 Å². The van der Waals surface area contributed by atoms with Gasteiger partial charge in [-0.15, -0.1) is 0 Å². The summed E-state index contributed by atoms with van der Waals surface area (Å²) >= 11 is 0. The lowest BCUT2D eigenvalue weighted by Gasteiger charge is -2.37. The third-order valence-electron chi connectivity index (χ3n) is 6.04. The van der Waals surface area contributed by atoms with Crippen LogP contribution in [-0.2, 0) is 6.18 Å². The monoisotopic (exact) mass is 528 g/mol. The number of likely N-dealkylation sites (tertiary alicyclic amines) is 1. The SMILES string of the molecule is O=C(NCC(c1cnc(C(F)(F)F)nc1)N1CCC(F)(F)CC1)c1c(F)ccc2nc(NCO)ccc12. The largest absolute Gasteiger partial charge is 0.451 e. The number of anilines is 1. The van der Waals surface area contributed by atoms with Crippen LogP contribution < -0.4 is 10.6 Å². The molecule has 2 aromatic heterocycles. The number of hydrogen-bond acceptors (Lipinski definition) is 7. The maximum absolute atomic E-state index is 14.7. The summed E-state index contributed by atoms with van der Waals surface area (Å²) in [5, 5.41) is 14.3. The fourth-order valence-corrected chi connectivity index (χ4v) is 4.14.